The van der Waals surface area contributed by atoms with Crippen molar-refractivity contribution in [2.45, 2.75) is 18.8 Å². The van der Waals surface area contributed by atoms with Crippen molar-refractivity contribution in [2.75, 3.05) is 31.5 Å². The molecular weight excluding hydrogens is 419 g/mol. The van der Waals surface area contributed by atoms with Crippen LogP contribution in [0.15, 0.2) is 40.6 Å². The molecule has 0 radical (unpaired) electrons. The molecule has 0 saturated carbocycles. The number of amidine groups is 1. The molecular formula is C20H19ClF3N5O. The Hall–Kier alpha value is -2.65. The quantitative estimate of drug-likeness (QED) is 0.411. The van der Waals surface area contributed by atoms with E-state index < -0.39 is 11.7 Å². The fourth-order valence-electron chi connectivity index (χ4n) is 3.61. The zero-order chi connectivity index (χ0) is 21.3. The lowest BCUT2D eigenvalue weighted by Crippen LogP contribution is -2.56. The van der Waals surface area contributed by atoms with Crippen LogP contribution in [0.1, 0.15) is 16.7 Å². The van der Waals surface area contributed by atoms with Gasteiger partial charge < -0.3 is 10.5 Å². The van der Waals surface area contributed by atoms with Crippen molar-refractivity contribution in [1.29, 1.82) is 0 Å². The fourth-order valence-corrected chi connectivity index (χ4v) is 3.82. The monoisotopic (exact) mass is 437 g/mol. The molecule has 1 aromatic heterocycles. The Labute approximate surface area is 176 Å². The summed E-state index contributed by atoms with van der Waals surface area (Å²) in [5.41, 5.74) is 2.61. The molecule has 1 saturated heterocycles. The first-order valence-corrected chi connectivity index (χ1v) is 9.76. The van der Waals surface area contributed by atoms with Crippen molar-refractivity contribution >= 4 is 29.0 Å². The summed E-state index contributed by atoms with van der Waals surface area (Å²) in [7, 11) is 0. The number of benzene rings is 1. The maximum absolute atomic E-state index is 13.4. The number of halogens is 4. The summed E-state index contributed by atoms with van der Waals surface area (Å²) in [4.78, 5) is 10.4. The molecule has 2 aliphatic rings. The van der Waals surface area contributed by atoms with Gasteiger partial charge in [-0.25, -0.2) is 18.2 Å². The molecule has 4 rings (SSSR count). The lowest BCUT2D eigenvalue weighted by atomic mass is 9.98. The van der Waals surface area contributed by atoms with Gasteiger partial charge in [0.15, 0.2) is 0 Å². The van der Waals surface area contributed by atoms with E-state index in [1.807, 2.05) is 0 Å². The topological polar surface area (TPSA) is 73.1 Å². The Morgan fingerprint density at radius 2 is 2.10 bits per heavy atom. The molecule has 0 bridgehead atoms. The normalized spacial score (nSPS) is 19.5. The van der Waals surface area contributed by atoms with Gasteiger partial charge in [-0.1, -0.05) is 22.8 Å². The highest BCUT2D eigenvalue weighted by molar-refractivity contribution is 6.30. The summed E-state index contributed by atoms with van der Waals surface area (Å²) in [5.74, 6) is -1.80. The van der Waals surface area contributed by atoms with Crippen LogP contribution in [0.2, 0.25) is 5.02 Å². The maximum atomic E-state index is 13.4. The van der Waals surface area contributed by atoms with Gasteiger partial charge in [-0.2, -0.15) is 0 Å². The fraction of sp³-hybridized carbons (Fsp3) is 0.350. The van der Waals surface area contributed by atoms with E-state index in [0.29, 0.717) is 48.0 Å². The van der Waals surface area contributed by atoms with Crippen LogP contribution in [0.25, 0.3) is 0 Å². The summed E-state index contributed by atoms with van der Waals surface area (Å²) in [5, 5.41) is 16.1. The summed E-state index contributed by atoms with van der Waals surface area (Å²) in [6, 6.07) is 6.09. The van der Waals surface area contributed by atoms with Gasteiger partial charge in [0, 0.05) is 36.7 Å². The Kier molecular flexibility index (Phi) is 5.66. The molecule has 1 aromatic carbocycles. The van der Waals surface area contributed by atoms with Crippen LogP contribution in [0.5, 0.6) is 0 Å². The largest absolute Gasteiger partial charge is 0.411 e. The summed E-state index contributed by atoms with van der Waals surface area (Å²) in [6.07, 6.45) is 2.30. The van der Waals surface area contributed by atoms with Crippen LogP contribution >= 0.6 is 11.6 Å². The molecule has 2 N–H and O–H groups in total. The molecule has 0 unspecified atom stereocenters. The predicted molar refractivity (Wildman–Crippen MR) is 109 cm³/mol. The number of aliphatic imine (C=N–C) groups is 1. The zero-order valence-electron chi connectivity index (χ0n) is 15.9. The molecule has 0 atom stereocenters. The first-order chi connectivity index (χ1) is 14.3. The number of hydrogen-bond acceptors (Lipinski definition) is 5. The number of hydrogen-bond donors (Lipinski definition) is 2. The van der Waals surface area contributed by atoms with E-state index in [4.69, 9.17) is 11.6 Å². The molecule has 1 fully saturated rings. The molecule has 3 heterocycles. The molecule has 0 amide bonds. The van der Waals surface area contributed by atoms with Gasteiger partial charge in [0.1, 0.15) is 17.5 Å². The number of alkyl halides is 2. The van der Waals surface area contributed by atoms with Gasteiger partial charge in [-0.3, -0.25) is 9.89 Å². The van der Waals surface area contributed by atoms with E-state index in [1.54, 1.807) is 23.2 Å². The van der Waals surface area contributed by atoms with Gasteiger partial charge in [0.25, 0.3) is 5.92 Å². The first kappa shape index (κ1) is 20.6. The smallest absolute Gasteiger partial charge is 0.272 e. The second-order valence-electron chi connectivity index (χ2n) is 7.35. The Morgan fingerprint density at radius 1 is 1.30 bits per heavy atom. The SMILES string of the molecule is O/N=C(\Cc1ccc(F)c(Cl)c1)c1ccnc2c1CC(=NCCN1CC(F)(F)C1)N2. The number of pyridine rings is 1. The van der Waals surface area contributed by atoms with Crippen molar-refractivity contribution in [2.24, 2.45) is 10.1 Å². The number of aromatic nitrogens is 1. The highest BCUT2D eigenvalue weighted by Gasteiger charge is 2.43. The Morgan fingerprint density at radius 3 is 2.80 bits per heavy atom. The molecule has 0 aliphatic carbocycles. The standard InChI is InChI=1S/C20H19ClF3N5O/c21-15-7-12(1-2-16(15)22)8-17(28-30)13-3-4-26-19-14(13)9-18(27-19)25-5-6-29-10-20(23,24)11-29/h1-4,7,30H,5-6,8-11H2,(H,25,26,27)/b28-17+. The third-order valence-electron chi connectivity index (χ3n) is 5.08. The number of rotatable bonds is 6. The molecule has 158 valence electrons. The molecule has 10 heteroatoms. The van der Waals surface area contributed by atoms with Crippen molar-refractivity contribution < 1.29 is 18.4 Å². The Balaban J connectivity index is 1.45. The van der Waals surface area contributed by atoms with Crippen LogP contribution in [0.3, 0.4) is 0 Å². The van der Waals surface area contributed by atoms with Crippen molar-refractivity contribution in [3.63, 3.8) is 0 Å². The van der Waals surface area contributed by atoms with Crippen LogP contribution < -0.4 is 5.32 Å². The third-order valence-corrected chi connectivity index (χ3v) is 5.37. The number of oxime groups is 1. The molecule has 30 heavy (non-hydrogen) atoms. The van der Waals surface area contributed by atoms with Crippen molar-refractivity contribution in [3.8, 4) is 0 Å². The minimum absolute atomic E-state index is 0.000739. The summed E-state index contributed by atoms with van der Waals surface area (Å²) in [6.45, 7) is 0.421. The van der Waals surface area contributed by atoms with E-state index in [2.05, 4.69) is 20.4 Å². The maximum Gasteiger partial charge on any atom is 0.272 e. The second kappa shape index (κ2) is 8.23. The first-order valence-electron chi connectivity index (χ1n) is 9.38. The van der Waals surface area contributed by atoms with Crippen molar-refractivity contribution in [1.82, 2.24) is 9.88 Å². The van der Waals surface area contributed by atoms with E-state index in [0.717, 1.165) is 5.56 Å². The van der Waals surface area contributed by atoms with E-state index >= 15 is 0 Å². The van der Waals surface area contributed by atoms with Gasteiger partial charge in [-0.15, -0.1) is 0 Å². The van der Waals surface area contributed by atoms with Gasteiger partial charge in [-0.05, 0) is 23.8 Å². The van der Waals surface area contributed by atoms with Crippen LogP contribution in [0.4, 0.5) is 19.0 Å². The predicted octanol–water partition coefficient (Wildman–Crippen LogP) is 3.61. The average molecular weight is 438 g/mol. The lowest BCUT2D eigenvalue weighted by molar-refractivity contribution is -0.128. The summed E-state index contributed by atoms with van der Waals surface area (Å²) >= 11 is 5.84. The van der Waals surface area contributed by atoms with Gasteiger partial charge >= 0.3 is 0 Å². The minimum Gasteiger partial charge on any atom is -0.411 e. The molecule has 6 nitrogen and oxygen atoms in total. The highest BCUT2D eigenvalue weighted by atomic mass is 35.5. The number of anilines is 1. The van der Waals surface area contributed by atoms with Gasteiger partial charge in [0.05, 0.1) is 30.4 Å². The van der Waals surface area contributed by atoms with Crippen LogP contribution in [-0.2, 0) is 12.8 Å². The molecule has 0 spiro atoms. The number of nitrogens with zero attached hydrogens (tertiary/aromatic N) is 4. The van der Waals surface area contributed by atoms with Crippen molar-refractivity contribution in [3.05, 3.63) is 58.0 Å². The lowest BCUT2D eigenvalue weighted by Gasteiger charge is -2.38. The van der Waals surface area contributed by atoms with E-state index in [1.165, 1.54) is 12.1 Å². The molecule has 2 aliphatic heterocycles. The number of likely N-dealkylation sites (tertiary alicyclic amines) is 1. The minimum atomic E-state index is -2.58. The number of nitrogens with one attached hydrogen (secondary N) is 1. The highest BCUT2D eigenvalue weighted by Crippen LogP contribution is 2.28. The van der Waals surface area contributed by atoms with E-state index in [-0.39, 0.29) is 24.5 Å². The summed E-state index contributed by atoms with van der Waals surface area (Å²) < 4.78 is 39.2. The number of fused-ring (bicyclic) bond motifs is 1. The Bertz CT molecular complexity index is 1020. The van der Waals surface area contributed by atoms with Crippen LogP contribution in [0, 0.1) is 5.82 Å². The van der Waals surface area contributed by atoms with Gasteiger partial charge in [0.2, 0.25) is 0 Å². The zero-order valence-corrected chi connectivity index (χ0v) is 16.6. The average Bonchev–Trinajstić information content (AvgIpc) is 3.10. The van der Waals surface area contributed by atoms with Crippen LogP contribution in [-0.4, -0.2) is 58.7 Å². The third kappa shape index (κ3) is 4.41. The second-order valence-corrected chi connectivity index (χ2v) is 7.76. The molecule has 2 aromatic rings. The van der Waals surface area contributed by atoms with E-state index in [9.17, 15) is 18.4 Å².